The van der Waals surface area contributed by atoms with Crippen LogP contribution in [0.5, 0.6) is 5.75 Å². The maximum absolute atomic E-state index is 13.2. The molecule has 1 saturated heterocycles. The smallest absolute Gasteiger partial charge is 0.404 e. The van der Waals surface area contributed by atoms with Gasteiger partial charge in [-0.15, -0.1) is 13.2 Å². The van der Waals surface area contributed by atoms with E-state index in [0.29, 0.717) is 26.1 Å². The summed E-state index contributed by atoms with van der Waals surface area (Å²) in [5.74, 6) is -0.569. The molecule has 34 heavy (non-hydrogen) atoms. The van der Waals surface area contributed by atoms with Crippen LogP contribution in [0.2, 0.25) is 0 Å². The summed E-state index contributed by atoms with van der Waals surface area (Å²) in [5.41, 5.74) is 2.26. The first-order valence-corrected chi connectivity index (χ1v) is 12.6. The molecule has 3 aromatic rings. The molecule has 0 saturated carbocycles. The minimum Gasteiger partial charge on any atom is -0.404 e. The van der Waals surface area contributed by atoms with Crippen molar-refractivity contribution in [2.75, 3.05) is 26.3 Å². The Balaban J connectivity index is 1.53. The summed E-state index contributed by atoms with van der Waals surface area (Å²) in [6.45, 7) is 4.35. The van der Waals surface area contributed by atoms with E-state index < -0.39 is 27.0 Å². The van der Waals surface area contributed by atoms with Gasteiger partial charge in [-0.25, -0.2) is 8.42 Å². The number of aromatic nitrogens is 1. The molecule has 10 heteroatoms. The molecule has 4 rings (SSSR count). The molecule has 0 atom stereocenters. The zero-order valence-corrected chi connectivity index (χ0v) is 19.6. The standard InChI is InChI=1S/C24H27F3N2O4S/c1-2-32-16-15-28-17-20(19-7-3-4-8-21(19)28)18-11-13-29(14-12-18)34(30,31)23-10-6-5-9-22(23)33-24(25,26)27/h3-10,17-18H,2,11-16H2,1H3. The van der Waals surface area contributed by atoms with Crippen LogP contribution < -0.4 is 4.74 Å². The summed E-state index contributed by atoms with van der Waals surface area (Å²) < 4.78 is 77.5. The Morgan fingerprint density at radius 3 is 2.41 bits per heavy atom. The predicted octanol–water partition coefficient (Wildman–Crippen LogP) is 5.14. The molecule has 2 aromatic carbocycles. The third-order valence-electron chi connectivity index (χ3n) is 6.09. The molecular weight excluding hydrogens is 469 g/mol. The van der Waals surface area contributed by atoms with Gasteiger partial charge in [-0.3, -0.25) is 0 Å². The highest BCUT2D eigenvalue weighted by atomic mass is 32.2. The fourth-order valence-corrected chi connectivity index (χ4v) is 6.10. The van der Waals surface area contributed by atoms with E-state index in [4.69, 9.17) is 4.74 Å². The van der Waals surface area contributed by atoms with Gasteiger partial charge in [0, 0.05) is 43.3 Å². The third-order valence-corrected chi connectivity index (χ3v) is 8.02. The van der Waals surface area contributed by atoms with E-state index in [1.54, 1.807) is 0 Å². The van der Waals surface area contributed by atoms with Gasteiger partial charge in [-0.1, -0.05) is 30.3 Å². The average molecular weight is 497 g/mol. The van der Waals surface area contributed by atoms with Crippen LogP contribution in [0.1, 0.15) is 31.2 Å². The van der Waals surface area contributed by atoms with Gasteiger partial charge in [0.25, 0.3) is 0 Å². The van der Waals surface area contributed by atoms with Gasteiger partial charge in [0.05, 0.1) is 6.61 Å². The number of para-hydroxylation sites is 2. The monoisotopic (exact) mass is 496 g/mol. The highest BCUT2D eigenvalue weighted by Crippen LogP contribution is 2.37. The molecule has 0 radical (unpaired) electrons. The molecule has 0 aliphatic carbocycles. The van der Waals surface area contributed by atoms with Crippen molar-refractivity contribution in [3.8, 4) is 5.75 Å². The zero-order valence-electron chi connectivity index (χ0n) is 18.8. The van der Waals surface area contributed by atoms with E-state index in [2.05, 4.69) is 27.6 Å². The van der Waals surface area contributed by atoms with Crippen LogP contribution in [0.3, 0.4) is 0 Å². The van der Waals surface area contributed by atoms with E-state index in [1.165, 1.54) is 16.4 Å². The quantitative estimate of drug-likeness (QED) is 0.405. The van der Waals surface area contributed by atoms with E-state index >= 15 is 0 Å². The summed E-state index contributed by atoms with van der Waals surface area (Å²) in [7, 11) is -4.14. The summed E-state index contributed by atoms with van der Waals surface area (Å²) in [6.07, 6.45) is -1.72. The van der Waals surface area contributed by atoms with Gasteiger partial charge in [0.2, 0.25) is 10.0 Å². The molecule has 1 fully saturated rings. The number of nitrogens with zero attached hydrogens (tertiary/aromatic N) is 2. The van der Waals surface area contributed by atoms with E-state index in [-0.39, 0.29) is 19.0 Å². The fraction of sp³-hybridized carbons (Fsp3) is 0.417. The number of benzene rings is 2. The Labute approximate surface area is 196 Å². The van der Waals surface area contributed by atoms with Crippen molar-refractivity contribution in [2.45, 2.75) is 43.5 Å². The van der Waals surface area contributed by atoms with Crippen molar-refractivity contribution in [3.05, 3.63) is 60.3 Å². The predicted molar refractivity (Wildman–Crippen MR) is 122 cm³/mol. The Bertz CT molecular complexity index is 1230. The van der Waals surface area contributed by atoms with Crippen LogP contribution in [-0.4, -0.2) is 50.0 Å². The third kappa shape index (κ3) is 5.24. The highest BCUT2D eigenvalue weighted by Gasteiger charge is 2.37. The molecule has 0 bridgehead atoms. The lowest BCUT2D eigenvalue weighted by molar-refractivity contribution is -0.275. The first-order valence-electron chi connectivity index (χ1n) is 11.2. The number of sulfonamides is 1. The van der Waals surface area contributed by atoms with Gasteiger partial charge < -0.3 is 14.0 Å². The molecule has 0 N–H and O–H groups in total. The van der Waals surface area contributed by atoms with Gasteiger partial charge in [-0.05, 0) is 49.4 Å². The largest absolute Gasteiger partial charge is 0.573 e. The number of ether oxygens (including phenoxy) is 2. The lowest BCUT2D eigenvalue weighted by atomic mass is 9.90. The summed E-state index contributed by atoms with van der Waals surface area (Å²) in [4.78, 5) is -0.474. The summed E-state index contributed by atoms with van der Waals surface area (Å²) in [5, 5.41) is 1.13. The molecule has 1 aliphatic rings. The normalized spacial score (nSPS) is 16.2. The van der Waals surface area contributed by atoms with Gasteiger partial charge in [0.1, 0.15) is 10.6 Å². The van der Waals surface area contributed by atoms with Gasteiger partial charge in [-0.2, -0.15) is 4.31 Å². The van der Waals surface area contributed by atoms with Gasteiger partial charge in [0.15, 0.2) is 0 Å². The van der Waals surface area contributed by atoms with Crippen molar-refractivity contribution in [2.24, 2.45) is 0 Å². The number of hydrogen-bond donors (Lipinski definition) is 0. The first-order chi connectivity index (χ1) is 16.2. The lowest BCUT2D eigenvalue weighted by Gasteiger charge is -2.31. The SMILES string of the molecule is CCOCCn1cc(C2CCN(S(=O)(=O)c3ccccc3OC(F)(F)F)CC2)c2ccccc21. The molecule has 0 amide bonds. The van der Waals surface area contributed by atoms with E-state index in [9.17, 15) is 21.6 Å². The van der Waals surface area contributed by atoms with Crippen LogP contribution in [0, 0.1) is 0 Å². The van der Waals surface area contributed by atoms with Crippen LogP contribution in [0.25, 0.3) is 10.9 Å². The summed E-state index contributed by atoms with van der Waals surface area (Å²) in [6, 6.07) is 13.0. The Morgan fingerprint density at radius 2 is 1.71 bits per heavy atom. The van der Waals surface area contributed by atoms with Crippen LogP contribution in [0.4, 0.5) is 13.2 Å². The van der Waals surface area contributed by atoms with Crippen LogP contribution in [-0.2, 0) is 21.3 Å². The molecule has 0 unspecified atom stereocenters. The van der Waals surface area contributed by atoms with Crippen LogP contribution in [0.15, 0.2) is 59.6 Å². The van der Waals surface area contributed by atoms with E-state index in [1.807, 2.05) is 19.1 Å². The number of halogens is 3. The first kappa shape index (κ1) is 24.6. The fourth-order valence-electron chi connectivity index (χ4n) is 4.51. The molecule has 2 heterocycles. The van der Waals surface area contributed by atoms with Crippen molar-refractivity contribution >= 4 is 20.9 Å². The minimum absolute atomic E-state index is 0.145. The molecule has 1 aliphatic heterocycles. The second kappa shape index (κ2) is 9.97. The number of hydrogen-bond acceptors (Lipinski definition) is 4. The van der Waals surface area contributed by atoms with Crippen molar-refractivity contribution in [1.82, 2.24) is 8.87 Å². The number of piperidine rings is 1. The second-order valence-electron chi connectivity index (χ2n) is 8.16. The highest BCUT2D eigenvalue weighted by molar-refractivity contribution is 7.89. The lowest BCUT2D eigenvalue weighted by Crippen LogP contribution is -2.38. The summed E-state index contributed by atoms with van der Waals surface area (Å²) >= 11 is 0. The average Bonchev–Trinajstić information content (AvgIpc) is 3.17. The molecule has 6 nitrogen and oxygen atoms in total. The number of rotatable bonds is 8. The molecule has 184 valence electrons. The van der Waals surface area contributed by atoms with E-state index in [0.717, 1.165) is 35.1 Å². The minimum atomic E-state index is -4.98. The van der Waals surface area contributed by atoms with Crippen LogP contribution >= 0.6 is 0 Å². The Morgan fingerprint density at radius 1 is 1.03 bits per heavy atom. The zero-order chi connectivity index (χ0) is 24.3. The topological polar surface area (TPSA) is 60.8 Å². The maximum Gasteiger partial charge on any atom is 0.573 e. The molecule has 0 spiro atoms. The van der Waals surface area contributed by atoms with Crippen molar-refractivity contribution in [3.63, 3.8) is 0 Å². The number of fused-ring (bicyclic) bond motifs is 1. The van der Waals surface area contributed by atoms with Crippen molar-refractivity contribution in [1.29, 1.82) is 0 Å². The second-order valence-corrected chi connectivity index (χ2v) is 10.1. The molecular formula is C24H27F3N2O4S. The van der Waals surface area contributed by atoms with Crippen molar-refractivity contribution < 1.29 is 31.1 Å². The maximum atomic E-state index is 13.2. The Kier molecular flexibility index (Phi) is 7.20. The van der Waals surface area contributed by atoms with Gasteiger partial charge >= 0.3 is 6.36 Å². The molecule has 1 aromatic heterocycles. The Hall–Kier alpha value is -2.56. The number of alkyl halides is 3.